The first-order valence-electron chi connectivity index (χ1n) is 23.6. The van der Waals surface area contributed by atoms with Gasteiger partial charge in [0.15, 0.2) is 17.5 Å². The molecule has 0 saturated heterocycles. The highest BCUT2D eigenvalue weighted by molar-refractivity contribution is 6.00. The van der Waals surface area contributed by atoms with Crippen molar-refractivity contribution in [2.45, 2.75) is 5.41 Å². The van der Waals surface area contributed by atoms with Crippen LogP contribution in [0.4, 0.5) is 0 Å². The van der Waals surface area contributed by atoms with Crippen LogP contribution in [-0.4, -0.2) is 15.0 Å². The second kappa shape index (κ2) is 16.7. The Hall–Kier alpha value is -9.05. The van der Waals surface area contributed by atoms with E-state index in [9.17, 15) is 0 Å². The molecule has 11 aromatic carbocycles. The van der Waals surface area contributed by atoms with Crippen LogP contribution in [-0.2, 0) is 5.41 Å². The summed E-state index contributed by atoms with van der Waals surface area (Å²) in [5.74, 6) is 1.84. The van der Waals surface area contributed by atoms with Crippen LogP contribution in [0.1, 0.15) is 22.3 Å². The lowest BCUT2D eigenvalue weighted by Gasteiger charge is -2.34. The highest BCUT2D eigenvalue weighted by atomic mass is 15.0. The first-order valence-corrected chi connectivity index (χ1v) is 23.6. The molecule has 0 amide bonds. The Kier molecular flexibility index (Phi) is 9.73. The molecule has 0 spiro atoms. The number of benzene rings is 11. The van der Waals surface area contributed by atoms with Crippen LogP contribution < -0.4 is 0 Å². The zero-order valence-corrected chi connectivity index (χ0v) is 37.7. The molecule has 12 aromatic rings. The highest BCUT2D eigenvalue weighted by Crippen LogP contribution is 2.56. The topological polar surface area (TPSA) is 38.7 Å². The van der Waals surface area contributed by atoms with Crippen molar-refractivity contribution < 1.29 is 0 Å². The Morgan fingerprint density at radius 1 is 0.232 bits per heavy atom. The molecule has 3 heteroatoms. The van der Waals surface area contributed by atoms with Gasteiger partial charge in [-0.3, -0.25) is 0 Å². The van der Waals surface area contributed by atoms with Crippen molar-refractivity contribution in [2.24, 2.45) is 0 Å². The van der Waals surface area contributed by atoms with Crippen LogP contribution in [0.5, 0.6) is 0 Å². The minimum Gasteiger partial charge on any atom is -0.208 e. The Morgan fingerprint density at radius 2 is 0.681 bits per heavy atom. The van der Waals surface area contributed by atoms with Gasteiger partial charge in [0.05, 0.1) is 5.41 Å². The molecular weight excluding hydrogens is 835 g/mol. The number of hydrogen-bond donors (Lipinski definition) is 0. The summed E-state index contributed by atoms with van der Waals surface area (Å²) in [5, 5.41) is 4.84. The Morgan fingerprint density at radius 3 is 1.38 bits per heavy atom. The predicted octanol–water partition coefficient (Wildman–Crippen LogP) is 16.5. The van der Waals surface area contributed by atoms with E-state index in [0.29, 0.717) is 17.5 Å². The molecular formula is C66H43N3. The summed E-state index contributed by atoms with van der Waals surface area (Å²) in [7, 11) is 0. The van der Waals surface area contributed by atoms with Crippen LogP contribution in [0.15, 0.2) is 261 Å². The maximum atomic E-state index is 5.45. The van der Waals surface area contributed by atoms with E-state index in [2.05, 4.69) is 261 Å². The molecule has 322 valence electrons. The molecule has 3 nitrogen and oxygen atoms in total. The summed E-state index contributed by atoms with van der Waals surface area (Å²) in [6.07, 6.45) is 0. The molecule has 0 bridgehead atoms. The molecule has 1 aliphatic carbocycles. The second-order valence-electron chi connectivity index (χ2n) is 17.9. The van der Waals surface area contributed by atoms with Gasteiger partial charge in [0, 0.05) is 16.7 Å². The summed E-state index contributed by atoms with van der Waals surface area (Å²) in [6, 6.07) is 93.6. The lowest BCUT2D eigenvalue weighted by atomic mass is 9.67. The minimum absolute atomic E-state index is 0.568. The van der Waals surface area contributed by atoms with E-state index in [1.54, 1.807) is 0 Å². The van der Waals surface area contributed by atoms with Crippen LogP contribution in [0.3, 0.4) is 0 Å². The quantitative estimate of drug-likeness (QED) is 0.153. The van der Waals surface area contributed by atoms with E-state index < -0.39 is 5.41 Å². The van der Waals surface area contributed by atoms with Gasteiger partial charge in [0.1, 0.15) is 0 Å². The standard InChI is InChI=1S/C66H43N3/c1-3-24-51(25-4-1)66(52-26-5-2-6-27-52)61-35-14-13-31-58(61)59-41-40-50(43-62(59)66)64-67-63(68-65(69-64)60-32-12-11-30-57(60)56-34-17-21-46-19-8-10-29-55(46)56)49-23-15-22-48(42-49)44-36-38-47(39-37-44)54-33-16-20-45-18-7-9-28-53(45)54/h1-43H. The van der Waals surface area contributed by atoms with Crippen LogP contribution in [0, 0.1) is 0 Å². The lowest BCUT2D eigenvalue weighted by molar-refractivity contribution is 0.768. The van der Waals surface area contributed by atoms with Gasteiger partial charge in [-0.05, 0) is 100 Å². The summed E-state index contributed by atoms with van der Waals surface area (Å²) in [5.41, 5.74) is 16.3. The second-order valence-corrected chi connectivity index (χ2v) is 17.9. The summed E-state index contributed by atoms with van der Waals surface area (Å²) < 4.78 is 0. The van der Waals surface area contributed by atoms with Gasteiger partial charge in [-0.25, -0.2) is 15.0 Å². The van der Waals surface area contributed by atoms with Gasteiger partial charge < -0.3 is 0 Å². The SMILES string of the molecule is c1ccc(C2(c3ccccc3)c3ccccc3-c3ccc(-c4nc(-c5cccc(-c6ccc(-c7cccc8ccccc78)cc6)c5)nc(-c5ccccc5-c5cccc6ccccc56)n4)cc32)cc1. The van der Waals surface area contributed by atoms with E-state index in [1.165, 1.54) is 66.1 Å². The smallest absolute Gasteiger partial charge is 0.164 e. The monoisotopic (exact) mass is 877 g/mol. The van der Waals surface area contributed by atoms with Crippen molar-refractivity contribution >= 4 is 21.5 Å². The van der Waals surface area contributed by atoms with E-state index in [1.807, 2.05) is 0 Å². The molecule has 0 N–H and O–H groups in total. The number of nitrogens with zero attached hydrogens (tertiary/aromatic N) is 3. The van der Waals surface area contributed by atoms with Gasteiger partial charge in [-0.15, -0.1) is 0 Å². The average molecular weight is 878 g/mol. The van der Waals surface area contributed by atoms with Gasteiger partial charge in [-0.1, -0.05) is 249 Å². The fraction of sp³-hybridized carbons (Fsp3) is 0.0152. The van der Waals surface area contributed by atoms with E-state index in [-0.39, 0.29) is 0 Å². The average Bonchev–Trinajstić information content (AvgIpc) is 3.73. The maximum absolute atomic E-state index is 5.45. The summed E-state index contributed by atoms with van der Waals surface area (Å²) in [6.45, 7) is 0. The molecule has 0 radical (unpaired) electrons. The Bertz CT molecular complexity index is 3850. The molecule has 1 aromatic heterocycles. The molecule has 69 heavy (non-hydrogen) atoms. The highest BCUT2D eigenvalue weighted by Gasteiger charge is 2.46. The lowest BCUT2D eigenvalue weighted by Crippen LogP contribution is -2.28. The molecule has 0 fully saturated rings. The third-order valence-corrected chi connectivity index (χ3v) is 14.0. The van der Waals surface area contributed by atoms with Gasteiger partial charge >= 0.3 is 0 Å². The summed E-state index contributed by atoms with van der Waals surface area (Å²) in [4.78, 5) is 16.3. The number of rotatable bonds is 8. The third-order valence-electron chi connectivity index (χ3n) is 14.0. The predicted molar refractivity (Wildman–Crippen MR) is 285 cm³/mol. The molecule has 0 atom stereocenters. The third kappa shape index (κ3) is 6.78. The van der Waals surface area contributed by atoms with Crippen LogP contribution >= 0.6 is 0 Å². The Balaban J connectivity index is 0.996. The van der Waals surface area contributed by atoms with Crippen molar-refractivity contribution in [1.29, 1.82) is 0 Å². The van der Waals surface area contributed by atoms with Crippen molar-refractivity contribution in [1.82, 2.24) is 15.0 Å². The van der Waals surface area contributed by atoms with E-state index in [0.717, 1.165) is 38.9 Å². The summed E-state index contributed by atoms with van der Waals surface area (Å²) >= 11 is 0. The zero-order valence-electron chi connectivity index (χ0n) is 37.7. The van der Waals surface area contributed by atoms with Crippen molar-refractivity contribution in [3.8, 4) is 78.7 Å². The van der Waals surface area contributed by atoms with Gasteiger partial charge in [0.2, 0.25) is 0 Å². The first kappa shape index (κ1) is 40.2. The van der Waals surface area contributed by atoms with E-state index in [4.69, 9.17) is 15.0 Å². The fourth-order valence-corrected chi connectivity index (χ4v) is 10.9. The molecule has 0 saturated carbocycles. The zero-order chi connectivity index (χ0) is 45.7. The number of hydrogen-bond acceptors (Lipinski definition) is 3. The minimum atomic E-state index is -0.568. The van der Waals surface area contributed by atoms with Crippen LogP contribution in [0.25, 0.3) is 100 Å². The van der Waals surface area contributed by atoms with E-state index >= 15 is 0 Å². The van der Waals surface area contributed by atoms with Gasteiger partial charge in [0.25, 0.3) is 0 Å². The van der Waals surface area contributed by atoms with Crippen LogP contribution in [0.2, 0.25) is 0 Å². The molecule has 13 rings (SSSR count). The Labute approximate surface area is 401 Å². The molecule has 0 unspecified atom stereocenters. The fourth-order valence-electron chi connectivity index (χ4n) is 10.9. The van der Waals surface area contributed by atoms with Gasteiger partial charge in [-0.2, -0.15) is 0 Å². The largest absolute Gasteiger partial charge is 0.208 e. The van der Waals surface area contributed by atoms with Crippen molar-refractivity contribution in [3.05, 3.63) is 283 Å². The number of fused-ring (bicyclic) bond motifs is 5. The number of aromatic nitrogens is 3. The molecule has 1 aliphatic rings. The van der Waals surface area contributed by atoms with Crippen molar-refractivity contribution in [2.75, 3.05) is 0 Å². The molecule has 0 aliphatic heterocycles. The maximum Gasteiger partial charge on any atom is 0.164 e. The first-order chi connectivity index (χ1) is 34.2. The molecule has 1 heterocycles. The normalized spacial score (nSPS) is 12.5. The van der Waals surface area contributed by atoms with Crippen molar-refractivity contribution in [3.63, 3.8) is 0 Å².